The molecule has 20 heavy (non-hydrogen) atoms. The van der Waals surface area contributed by atoms with Crippen molar-refractivity contribution in [2.75, 3.05) is 0 Å². The molecule has 0 amide bonds. The van der Waals surface area contributed by atoms with E-state index in [-0.39, 0.29) is 0 Å². The first-order chi connectivity index (χ1) is 9.78. The third kappa shape index (κ3) is 2.56. The quantitative estimate of drug-likeness (QED) is 0.675. The summed E-state index contributed by atoms with van der Waals surface area (Å²) in [7, 11) is 1.95. The van der Waals surface area contributed by atoms with Crippen LogP contribution in [0.25, 0.3) is 10.9 Å². The van der Waals surface area contributed by atoms with Gasteiger partial charge in [0.2, 0.25) is 0 Å². The van der Waals surface area contributed by atoms with Gasteiger partial charge in [-0.05, 0) is 23.8 Å². The number of para-hydroxylation sites is 1. The van der Waals surface area contributed by atoms with Crippen LogP contribution in [0.5, 0.6) is 5.75 Å². The van der Waals surface area contributed by atoms with Crippen LogP contribution in [-0.4, -0.2) is 9.78 Å². The van der Waals surface area contributed by atoms with Crippen molar-refractivity contribution in [2.24, 2.45) is 7.05 Å². The number of nitrogens with zero attached hydrogens (tertiary/aromatic N) is 2. The smallest absolute Gasteiger partial charge is 0.133 e. The van der Waals surface area contributed by atoms with E-state index in [1.165, 1.54) is 5.56 Å². The van der Waals surface area contributed by atoms with Crippen molar-refractivity contribution in [3.8, 4) is 5.75 Å². The van der Waals surface area contributed by atoms with E-state index in [2.05, 4.69) is 45.3 Å². The maximum Gasteiger partial charge on any atom is 0.133 e. The molecule has 0 unspecified atom stereocenters. The van der Waals surface area contributed by atoms with Crippen LogP contribution in [0.15, 0.2) is 48.5 Å². The van der Waals surface area contributed by atoms with E-state index in [1.54, 1.807) is 0 Å². The largest absolute Gasteiger partial charge is 0.487 e. The van der Waals surface area contributed by atoms with Gasteiger partial charge in [-0.3, -0.25) is 4.68 Å². The summed E-state index contributed by atoms with van der Waals surface area (Å²) >= 11 is 3.43. The molecule has 0 atom stereocenters. The Morgan fingerprint density at radius 2 is 1.85 bits per heavy atom. The van der Waals surface area contributed by atoms with E-state index in [9.17, 15) is 0 Å². The van der Waals surface area contributed by atoms with Crippen LogP contribution >= 0.6 is 15.9 Å². The molecule has 0 aliphatic heterocycles. The van der Waals surface area contributed by atoms with Crippen LogP contribution in [0.4, 0.5) is 0 Å². The minimum atomic E-state index is 0.481. The second-order valence-corrected chi connectivity index (χ2v) is 5.21. The molecule has 1 heterocycles. The zero-order valence-corrected chi connectivity index (χ0v) is 12.8. The van der Waals surface area contributed by atoms with Gasteiger partial charge in [-0.25, -0.2) is 0 Å². The molecule has 0 saturated carbocycles. The molecule has 3 aromatic rings. The lowest BCUT2D eigenvalue weighted by molar-refractivity contribution is 0.301. The van der Waals surface area contributed by atoms with Crippen molar-refractivity contribution in [3.63, 3.8) is 0 Å². The Labute approximate surface area is 126 Å². The fourth-order valence-electron chi connectivity index (χ4n) is 2.22. The molecule has 4 heteroatoms. The molecule has 102 valence electrons. The summed E-state index contributed by atoms with van der Waals surface area (Å²) in [5.41, 5.74) is 3.33. The number of hydrogen-bond donors (Lipinski definition) is 0. The number of rotatable bonds is 4. The highest BCUT2D eigenvalue weighted by Crippen LogP contribution is 2.20. The SMILES string of the molecule is Cn1nc(COc2ccc(CBr)cc2)c2ccccc21. The summed E-state index contributed by atoms with van der Waals surface area (Å²) < 4.78 is 7.71. The predicted octanol–water partition coefficient (Wildman–Crippen LogP) is 4.05. The molecule has 0 bridgehead atoms. The number of fused-ring (bicyclic) bond motifs is 1. The van der Waals surface area contributed by atoms with Crippen LogP contribution < -0.4 is 4.74 Å². The number of aryl methyl sites for hydroxylation is 1. The average molecular weight is 331 g/mol. The third-order valence-electron chi connectivity index (χ3n) is 3.29. The van der Waals surface area contributed by atoms with Gasteiger partial charge < -0.3 is 4.74 Å². The van der Waals surface area contributed by atoms with E-state index < -0.39 is 0 Å². The zero-order valence-electron chi connectivity index (χ0n) is 11.2. The van der Waals surface area contributed by atoms with Gasteiger partial charge in [0, 0.05) is 17.8 Å². The molecule has 0 N–H and O–H groups in total. The highest BCUT2D eigenvalue weighted by molar-refractivity contribution is 9.08. The van der Waals surface area contributed by atoms with Crippen molar-refractivity contribution < 1.29 is 4.74 Å². The van der Waals surface area contributed by atoms with Crippen LogP contribution in [0.1, 0.15) is 11.3 Å². The van der Waals surface area contributed by atoms with E-state index in [1.807, 2.05) is 36.0 Å². The Balaban J connectivity index is 1.79. The number of benzene rings is 2. The van der Waals surface area contributed by atoms with Gasteiger partial charge in [0.15, 0.2) is 0 Å². The highest BCUT2D eigenvalue weighted by atomic mass is 79.9. The highest BCUT2D eigenvalue weighted by Gasteiger charge is 2.08. The molecule has 0 aliphatic carbocycles. The van der Waals surface area contributed by atoms with Crippen molar-refractivity contribution >= 4 is 26.8 Å². The lowest BCUT2D eigenvalue weighted by Gasteiger charge is -2.05. The van der Waals surface area contributed by atoms with Crippen molar-refractivity contribution in [1.82, 2.24) is 9.78 Å². The Hall–Kier alpha value is -1.81. The Morgan fingerprint density at radius 1 is 1.10 bits per heavy atom. The molecule has 1 aromatic heterocycles. The van der Waals surface area contributed by atoms with E-state index in [0.29, 0.717) is 6.61 Å². The summed E-state index contributed by atoms with van der Waals surface area (Å²) in [5, 5.41) is 6.53. The van der Waals surface area contributed by atoms with Crippen LogP contribution in [0, 0.1) is 0 Å². The molecule has 0 radical (unpaired) electrons. The number of ether oxygens (including phenoxy) is 1. The van der Waals surface area contributed by atoms with Crippen molar-refractivity contribution in [3.05, 3.63) is 59.8 Å². The van der Waals surface area contributed by atoms with Crippen molar-refractivity contribution in [1.29, 1.82) is 0 Å². The van der Waals surface area contributed by atoms with Gasteiger partial charge in [-0.1, -0.05) is 46.3 Å². The Kier molecular flexibility index (Phi) is 3.74. The topological polar surface area (TPSA) is 27.1 Å². The third-order valence-corrected chi connectivity index (χ3v) is 3.93. The van der Waals surface area contributed by atoms with Crippen LogP contribution in [0.2, 0.25) is 0 Å². The molecule has 0 fully saturated rings. The summed E-state index contributed by atoms with van der Waals surface area (Å²) in [6, 6.07) is 16.3. The zero-order chi connectivity index (χ0) is 13.9. The van der Waals surface area contributed by atoms with Gasteiger partial charge in [0.1, 0.15) is 18.1 Å². The minimum Gasteiger partial charge on any atom is -0.487 e. The molecule has 0 spiro atoms. The van der Waals surface area contributed by atoms with E-state index in [4.69, 9.17) is 4.74 Å². The number of hydrogen-bond acceptors (Lipinski definition) is 2. The second kappa shape index (κ2) is 5.67. The maximum absolute atomic E-state index is 5.82. The molecule has 0 aliphatic rings. The number of halogens is 1. The predicted molar refractivity (Wildman–Crippen MR) is 84.1 cm³/mol. The average Bonchev–Trinajstić information content (AvgIpc) is 2.83. The van der Waals surface area contributed by atoms with Crippen molar-refractivity contribution in [2.45, 2.75) is 11.9 Å². The molecule has 0 saturated heterocycles. The van der Waals surface area contributed by atoms with E-state index in [0.717, 1.165) is 27.7 Å². The summed E-state index contributed by atoms with van der Waals surface area (Å²) in [6.07, 6.45) is 0. The maximum atomic E-state index is 5.82. The van der Waals surface area contributed by atoms with Gasteiger partial charge in [0.25, 0.3) is 0 Å². The molecule has 3 nitrogen and oxygen atoms in total. The molecular weight excluding hydrogens is 316 g/mol. The Bertz CT molecular complexity index is 719. The van der Waals surface area contributed by atoms with Crippen LogP contribution in [0.3, 0.4) is 0 Å². The second-order valence-electron chi connectivity index (χ2n) is 4.65. The first kappa shape index (κ1) is 13.2. The van der Waals surface area contributed by atoms with E-state index >= 15 is 0 Å². The van der Waals surface area contributed by atoms with Gasteiger partial charge in [-0.2, -0.15) is 5.10 Å². The minimum absolute atomic E-state index is 0.481. The summed E-state index contributed by atoms with van der Waals surface area (Å²) in [4.78, 5) is 0. The summed E-state index contributed by atoms with van der Waals surface area (Å²) in [5.74, 6) is 0.865. The lowest BCUT2D eigenvalue weighted by atomic mass is 10.2. The normalized spacial score (nSPS) is 10.9. The standard InChI is InChI=1S/C16H15BrN2O/c1-19-16-5-3-2-4-14(16)15(18-19)11-20-13-8-6-12(10-17)7-9-13/h2-9H,10-11H2,1H3. The Morgan fingerprint density at radius 3 is 2.60 bits per heavy atom. The lowest BCUT2D eigenvalue weighted by Crippen LogP contribution is -1.98. The fourth-order valence-corrected chi connectivity index (χ4v) is 2.60. The molecule has 2 aromatic carbocycles. The van der Waals surface area contributed by atoms with Gasteiger partial charge >= 0.3 is 0 Å². The molecule has 3 rings (SSSR count). The monoisotopic (exact) mass is 330 g/mol. The first-order valence-corrected chi connectivity index (χ1v) is 7.58. The summed E-state index contributed by atoms with van der Waals surface area (Å²) in [6.45, 7) is 0.481. The van der Waals surface area contributed by atoms with Gasteiger partial charge in [0.05, 0.1) is 5.52 Å². The molecular formula is C16H15BrN2O. The number of aromatic nitrogens is 2. The fraction of sp³-hybridized carbons (Fsp3) is 0.188. The number of alkyl halides is 1. The van der Waals surface area contributed by atoms with Gasteiger partial charge in [-0.15, -0.1) is 0 Å². The van der Waals surface area contributed by atoms with Crippen LogP contribution in [-0.2, 0) is 19.0 Å². The first-order valence-electron chi connectivity index (χ1n) is 6.46.